The molecule has 0 radical (unpaired) electrons. The van der Waals surface area contributed by atoms with E-state index in [0.717, 1.165) is 22.3 Å². The summed E-state index contributed by atoms with van der Waals surface area (Å²) in [4.78, 5) is 12.4. The summed E-state index contributed by atoms with van der Waals surface area (Å²) < 4.78 is 10.8. The second kappa shape index (κ2) is 6.27. The molecule has 0 atom stereocenters. The van der Waals surface area contributed by atoms with Crippen LogP contribution in [-0.4, -0.2) is 0 Å². The van der Waals surface area contributed by atoms with Gasteiger partial charge in [0.2, 0.25) is 7.15 Å². The van der Waals surface area contributed by atoms with Crippen LogP contribution in [0.15, 0.2) is 36.4 Å². The molecule has 5 heteroatoms. The maximum atomic E-state index is 12.4. The van der Waals surface area contributed by atoms with Crippen LogP contribution in [0.4, 0.5) is 0 Å². The Morgan fingerprint density at radius 3 is 1.52 bits per heavy atom. The molecule has 0 unspecified atom stereocenters. The van der Waals surface area contributed by atoms with Crippen LogP contribution >= 0.6 is 7.15 Å². The summed E-state index contributed by atoms with van der Waals surface area (Å²) in [5, 5.41) is 0. The fraction of sp³-hybridized carbons (Fsp3) is 0.250. The molecule has 112 valence electrons. The second-order valence-corrected chi connectivity index (χ2v) is 7.77. The molecule has 0 heterocycles. The highest BCUT2D eigenvalue weighted by Gasteiger charge is 2.19. The quantitative estimate of drug-likeness (QED) is 0.631. The molecule has 0 spiro atoms. The van der Waals surface area contributed by atoms with Gasteiger partial charge < -0.3 is 26.2 Å². The first-order valence-electron chi connectivity index (χ1n) is 6.61. The molecule has 0 aromatic heterocycles. The monoisotopic (exact) mass is 321 g/mol. The average Bonchev–Trinajstić information content (AvgIpc) is 2.36. The summed E-state index contributed by atoms with van der Waals surface area (Å²) in [6, 6.07) is 11.2. The summed E-state index contributed by atoms with van der Waals surface area (Å²) in [5.74, 6) is 0.979. The maximum Gasteiger partial charge on any atom is 0.212 e. The van der Waals surface area contributed by atoms with E-state index < -0.39 is 7.15 Å². The minimum atomic E-state index is -3.64. The second-order valence-electron chi connectivity index (χ2n) is 5.17. The highest BCUT2D eigenvalue weighted by atomic mass is 32.7. The van der Waals surface area contributed by atoms with Crippen molar-refractivity contribution in [1.29, 1.82) is 0 Å². The van der Waals surface area contributed by atoms with Crippen molar-refractivity contribution in [1.82, 2.24) is 0 Å². The molecule has 0 aliphatic carbocycles. The predicted octanol–water partition coefficient (Wildman–Crippen LogP) is 3.96. The lowest BCUT2D eigenvalue weighted by Gasteiger charge is -2.33. The smallest absolute Gasteiger partial charge is 0.212 e. The summed E-state index contributed by atoms with van der Waals surface area (Å²) >= 11 is 5.00. The lowest BCUT2D eigenvalue weighted by Crippen LogP contribution is -2.19. The van der Waals surface area contributed by atoms with Crippen LogP contribution in [0, 0.1) is 27.7 Å². The molecule has 0 N–H and O–H groups in total. The van der Waals surface area contributed by atoms with Gasteiger partial charge in [0.25, 0.3) is 0 Å². The molecule has 0 amide bonds. The van der Waals surface area contributed by atoms with Crippen molar-refractivity contribution in [2.45, 2.75) is 27.7 Å². The third kappa shape index (κ3) is 4.37. The van der Waals surface area contributed by atoms with Crippen LogP contribution in [-0.2, 0) is 12.2 Å². The normalized spacial score (nSPS) is 11.3. The van der Waals surface area contributed by atoms with E-state index in [0.29, 0.717) is 11.5 Å². The molecule has 3 nitrogen and oxygen atoms in total. The molecule has 0 aliphatic heterocycles. The van der Waals surface area contributed by atoms with Gasteiger partial charge in [-0.3, -0.25) is 0 Å². The Morgan fingerprint density at radius 1 is 0.810 bits per heavy atom. The van der Waals surface area contributed by atoms with Crippen molar-refractivity contribution >= 4 is 19.4 Å². The third-order valence-electron chi connectivity index (χ3n) is 3.08. The Bertz CT molecular complexity index is 600. The Kier molecular flexibility index (Phi) is 4.82. The van der Waals surface area contributed by atoms with E-state index in [4.69, 9.17) is 21.3 Å². The number of hydrogen-bond donors (Lipinski definition) is 0. The molecular formula is C16H18O3PS-. The zero-order valence-electron chi connectivity index (χ0n) is 12.5. The molecular weight excluding hydrogens is 303 g/mol. The van der Waals surface area contributed by atoms with Crippen molar-refractivity contribution < 1.29 is 13.9 Å². The first-order chi connectivity index (χ1) is 9.77. The predicted molar refractivity (Wildman–Crippen MR) is 87.4 cm³/mol. The maximum absolute atomic E-state index is 12.4. The van der Waals surface area contributed by atoms with Crippen LogP contribution in [0.3, 0.4) is 0 Å². The summed E-state index contributed by atoms with van der Waals surface area (Å²) in [6.45, 7) is 7.73. The van der Waals surface area contributed by atoms with E-state index in [1.165, 1.54) is 0 Å². The molecule has 0 bridgehead atoms. The van der Waals surface area contributed by atoms with Crippen LogP contribution in [0.5, 0.6) is 11.5 Å². The van der Waals surface area contributed by atoms with Gasteiger partial charge in [0.1, 0.15) is 0 Å². The molecule has 0 aliphatic rings. The van der Waals surface area contributed by atoms with Gasteiger partial charge in [0, 0.05) is 0 Å². The summed E-state index contributed by atoms with van der Waals surface area (Å²) in [5.41, 5.74) is 3.97. The molecule has 21 heavy (non-hydrogen) atoms. The molecule has 2 aromatic rings. The van der Waals surface area contributed by atoms with Crippen LogP contribution in [0.25, 0.3) is 0 Å². The van der Waals surface area contributed by atoms with Gasteiger partial charge in [-0.25, -0.2) is 0 Å². The van der Waals surface area contributed by atoms with Gasteiger partial charge in [-0.15, -0.1) is 0 Å². The zero-order valence-corrected chi connectivity index (χ0v) is 14.3. The van der Waals surface area contributed by atoms with Crippen molar-refractivity contribution in [3.8, 4) is 11.5 Å². The number of aryl methyl sites for hydroxylation is 4. The van der Waals surface area contributed by atoms with Crippen LogP contribution in [0.1, 0.15) is 22.3 Å². The standard InChI is InChI=1S/C16H19O3PS/c1-11-5-7-15(13(3)9-11)18-20(17,21)19-16-8-6-12(2)10-14(16)4/h5-10H,1-4H3,(H,17,21)/p-1. The van der Waals surface area contributed by atoms with E-state index in [9.17, 15) is 4.89 Å². The van der Waals surface area contributed by atoms with Gasteiger partial charge in [-0.2, -0.15) is 0 Å². The van der Waals surface area contributed by atoms with E-state index in [1.54, 1.807) is 12.1 Å². The highest BCUT2D eigenvalue weighted by Crippen LogP contribution is 2.51. The Balaban J connectivity index is 2.18. The minimum absolute atomic E-state index is 0.490. The molecule has 0 saturated carbocycles. The Hall–Kier alpha value is -1.22. The fourth-order valence-corrected chi connectivity index (χ4v) is 3.47. The molecule has 0 saturated heterocycles. The Labute approximate surface area is 131 Å². The average molecular weight is 321 g/mol. The lowest BCUT2D eigenvalue weighted by molar-refractivity contribution is -0.193. The van der Waals surface area contributed by atoms with Gasteiger partial charge in [-0.1, -0.05) is 35.4 Å². The largest absolute Gasteiger partial charge is 0.634 e. The van der Waals surface area contributed by atoms with Crippen molar-refractivity contribution in [3.63, 3.8) is 0 Å². The summed E-state index contributed by atoms with van der Waals surface area (Å²) in [7, 11) is -3.64. The summed E-state index contributed by atoms with van der Waals surface area (Å²) in [6.07, 6.45) is 0. The minimum Gasteiger partial charge on any atom is -0.634 e. The van der Waals surface area contributed by atoms with Crippen LogP contribution < -0.4 is 13.9 Å². The van der Waals surface area contributed by atoms with E-state index in [1.807, 2.05) is 52.0 Å². The van der Waals surface area contributed by atoms with Crippen molar-refractivity contribution in [2.75, 3.05) is 0 Å². The molecule has 2 aromatic carbocycles. The number of rotatable bonds is 4. The highest BCUT2D eigenvalue weighted by molar-refractivity contribution is 8.35. The first-order valence-corrected chi connectivity index (χ1v) is 9.17. The molecule has 0 fully saturated rings. The number of hydrogen-bond acceptors (Lipinski definition) is 4. The zero-order chi connectivity index (χ0) is 15.6. The Morgan fingerprint density at radius 2 is 1.19 bits per heavy atom. The van der Waals surface area contributed by atoms with E-state index in [-0.39, 0.29) is 0 Å². The molecule has 2 rings (SSSR count). The van der Waals surface area contributed by atoms with Gasteiger partial charge in [-0.05, 0) is 51.0 Å². The van der Waals surface area contributed by atoms with Gasteiger partial charge in [0.05, 0.1) is 0 Å². The van der Waals surface area contributed by atoms with Gasteiger partial charge in [0.15, 0.2) is 11.5 Å². The van der Waals surface area contributed by atoms with E-state index in [2.05, 4.69) is 0 Å². The lowest BCUT2D eigenvalue weighted by atomic mass is 10.1. The van der Waals surface area contributed by atoms with Crippen LogP contribution in [0.2, 0.25) is 0 Å². The number of benzene rings is 2. The third-order valence-corrected chi connectivity index (χ3v) is 4.37. The van der Waals surface area contributed by atoms with Crippen molar-refractivity contribution in [3.05, 3.63) is 58.7 Å². The first kappa shape index (κ1) is 16.2. The van der Waals surface area contributed by atoms with Crippen molar-refractivity contribution in [2.24, 2.45) is 0 Å². The van der Waals surface area contributed by atoms with Gasteiger partial charge >= 0.3 is 0 Å². The fourth-order valence-electron chi connectivity index (χ4n) is 2.06. The van der Waals surface area contributed by atoms with E-state index >= 15 is 0 Å². The topological polar surface area (TPSA) is 41.5 Å². The SMILES string of the molecule is Cc1ccc(O[P+]([O-])([S-])Oc2ccc(C)cc2C)c(C)c1.